The number of hydrogen-bond acceptors (Lipinski definition) is 6. The van der Waals surface area contributed by atoms with Crippen molar-refractivity contribution in [1.29, 1.82) is 0 Å². The Balaban J connectivity index is 1.94. The molecule has 0 aromatic carbocycles. The molecule has 0 spiro atoms. The molecule has 6 heteroatoms. The van der Waals surface area contributed by atoms with Gasteiger partial charge in [-0.2, -0.15) is 0 Å². The Morgan fingerprint density at radius 3 is 1.72 bits per heavy atom. The van der Waals surface area contributed by atoms with Crippen molar-refractivity contribution < 1.29 is 28.5 Å². The van der Waals surface area contributed by atoms with Crippen molar-refractivity contribution in [3.8, 4) is 0 Å². The van der Waals surface area contributed by atoms with Crippen LogP contribution in [0.2, 0.25) is 0 Å². The normalized spacial score (nSPS) is 30.6. The van der Waals surface area contributed by atoms with Gasteiger partial charge >= 0.3 is 11.9 Å². The topological polar surface area (TPSA) is 71.1 Å². The summed E-state index contributed by atoms with van der Waals surface area (Å²) >= 11 is 0. The number of cyclic esters (lactones) is 2. The van der Waals surface area contributed by atoms with Gasteiger partial charge in [-0.3, -0.25) is 9.59 Å². The number of carbonyl (C=O) groups is 2. The van der Waals surface area contributed by atoms with E-state index in [9.17, 15) is 9.59 Å². The molecule has 0 aromatic heterocycles. The maximum absolute atomic E-state index is 12.1. The summed E-state index contributed by atoms with van der Waals surface area (Å²) in [6, 6.07) is 0. The van der Waals surface area contributed by atoms with Crippen LogP contribution in [-0.2, 0) is 28.5 Å². The van der Waals surface area contributed by atoms with Crippen molar-refractivity contribution in [3.05, 3.63) is 36.8 Å². The van der Waals surface area contributed by atoms with Crippen LogP contribution in [0.1, 0.15) is 44.9 Å². The van der Waals surface area contributed by atoms with E-state index in [2.05, 4.69) is 13.2 Å². The van der Waals surface area contributed by atoms with Crippen molar-refractivity contribution >= 4 is 11.9 Å². The quantitative estimate of drug-likeness (QED) is 0.380. The fraction of sp³-hybridized carbons (Fsp3) is 0.652. The Kier molecular flexibility index (Phi) is 7.78. The molecule has 1 heterocycles. The zero-order valence-corrected chi connectivity index (χ0v) is 17.1. The summed E-state index contributed by atoms with van der Waals surface area (Å²) < 4.78 is 22.3. The predicted molar refractivity (Wildman–Crippen MR) is 108 cm³/mol. The standard InChI is InChI=1S/C23H32O6/c1-3-26-12-16-8-10-18-14-28-20(24)6-5-7-21(25)29-15-19-11-9-17(13-27-4-2)22(16)23(18)19/h3-4,16-19H,1-2,5-15H2. The lowest BCUT2D eigenvalue weighted by Gasteiger charge is -2.44. The summed E-state index contributed by atoms with van der Waals surface area (Å²) in [6.45, 7) is 9.28. The summed E-state index contributed by atoms with van der Waals surface area (Å²) in [7, 11) is 0. The predicted octanol–water partition coefficient (Wildman–Crippen LogP) is 3.93. The molecule has 6 nitrogen and oxygen atoms in total. The zero-order chi connectivity index (χ0) is 20.6. The van der Waals surface area contributed by atoms with Gasteiger partial charge in [-0.15, -0.1) is 0 Å². The highest BCUT2D eigenvalue weighted by atomic mass is 16.5. The number of ether oxygens (including phenoxy) is 4. The van der Waals surface area contributed by atoms with E-state index >= 15 is 0 Å². The van der Waals surface area contributed by atoms with E-state index in [4.69, 9.17) is 18.9 Å². The molecule has 4 atom stereocenters. The minimum Gasteiger partial charge on any atom is -0.501 e. The minimum absolute atomic E-state index is 0.156. The SMILES string of the molecule is C=COCC1CCC2COC(=O)CCCC(=O)OCC3CCC(COC=C)C1=C23. The molecular weight excluding hydrogens is 372 g/mol. The second kappa shape index (κ2) is 10.5. The third-order valence-electron chi connectivity index (χ3n) is 6.30. The highest BCUT2D eigenvalue weighted by Gasteiger charge is 2.41. The third kappa shape index (κ3) is 5.43. The fourth-order valence-electron chi connectivity index (χ4n) is 5.01. The van der Waals surface area contributed by atoms with Crippen LogP contribution >= 0.6 is 0 Å². The maximum Gasteiger partial charge on any atom is 0.305 e. The second-order valence-electron chi connectivity index (χ2n) is 8.07. The highest BCUT2D eigenvalue weighted by Crippen LogP contribution is 2.48. The van der Waals surface area contributed by atoms with Gasteiger partial charge in [0, 0.05) is 36.5 Å². The molecule has 1 aliphatic heterocycles. The van der Waals surface area contributed by atoms with E-state index in [0.29, 0.717) is 32.8 Å². The largest absolute Gasteiger partial charge is 0.501 e. The smallest absolute Gasteiger partial charge is 0.305 e. The van der Waals surface area contributed by atoms with Crippen LogP contribution in [0.25, 0.3) is 0 Å². The number of rotatable bonds is 6. The summed E-state index contributed by atoms with van der Waals surface area (Å²) in [5, 5.41) is 0. The van der Waals surface area contributed by atoms with Crippen LogP contribution in [-0.4, -0.2) is 38.4 Å². The lowest BCUT2D eigenvalue weighted by Crippen LogP contribution is -2.38. The van der Waals surface area contributed by atoms with Crippen LogP contribution < -0.4 is 0 Å². The Morgan fingerprint density at radius 1 is 0.793 bits per heavy atom. The van der Waals surface area contributed by atoms with E-state index < -0.39 is 0 Å². The maximum atomic E-state index is 12.1. The molecule has 0 radical (unpaired) electrons. The first-order chi connectivity index (χ1) is 14.1. The van der Waals surface area contributed by atoms with Gasteiger partial charge in [-0.25, -0.2) is 0 Å². The number of esters is 2. The van der Waals surface area contributed by atoms with E-state index in [-0.39, 0.29) is 48.5 Å². The van der Waals surface area contributed by atoms with Crippen molar-refractivity contribution in [3.63, 3.8) is 0 Å². The molecule has 1 fully saturated rings. The number of carbonyl (C=O) groups excluding carboxylic acids is 2. The van der Waals surface area contributed by atoms with E-state index in [1.165, 1.54) is 23.7 Å². The lowest BCUT2D eigenvalue weighted by molar-refractivity contribution is -0.147. The van der Waals surface area contributed by atoms with Gasteiger partial charge in [0.2, 0.25) is 0 Å². The summed E-state index contributed by atoms with van der Waals surface area (Å²) in [5.41, 5.74) is 2.63. The fourth-order valence-corrected chi connectivity index (χ4v) is 5.01. The first kappa shape index (κ1) is 21.5. The van der Waals surface area contributed by atoms with Gasteiger partial charge in [0.15, 0.2) is 0 Å². The van der Waals surface area contributed by atoms with E-state index in [1.54, 1.807) is 0 Å². The zero-order valence-electron chi connectivity index (χ0n) is 17.1. The summed E-state index contributed by atoms with van der Waals surface area (Å²) in [5.74, 6) is 0.361. The van der Waals surface area contributed by atoms with Crippen molar-refractivity contribution in [2.75, 3.05) is 26.4 Å². The van der Waals surface area contributed by atoms with Crippen LogP contribution in [0.4, 0.5) is 0 Å². The molecule has 0 N–H and O–H groups in total. The van der Waals surface area contributed by atoms with Crippen molar-refractivity contribution in [2.45, 2.75) is 44.9 Å². The Morgan fingerprint density at radius 2 is 1.28 bits per heavy atom. The van der Waals surface area contributed by atoms with Gasteiger partial charge < -0.3 is 18.9 Å². The van der Waals surface area contributed by atoms with Crippen LogP contribution in [0.15, 0.2) is 36.8 Å². The molecule has 0 saturated carbocycles. The summed E-state index contributed by atoms with van der Waals surface area (Å²) in [4.78, 5) is 24.2. The molecule has 4 unspecified atom stereocenters. The van der Waals surface area contributed by atoms with Gasteiger partial charge in [0.25, 0.3) is 0 Å². The molecule has 0 amide bonds. The number of hydrogen-bond donors (Lipinski definition) is 0. The summed E-state index contributed by atoms with van der Waals surface area (Å²) in [6.07, 6.45) is 7.73. The molecule has 160 valence electrons. The van der Waals surface area contributed by atoms with Gasteiger partial charge in [0.1, 0.15) is 0 Å². The molecule has 1 saturated heterocycles. The highest BCUT2D eigenvalue weighted by molar-refractivity contribution is 5.72. The van der Waals surface area contributed by atoms with Gasteiger partial charge in [-0.05, 0) is 32.1 Å². The molecular formula is C23H32O6. The van der Waals surface area contributed by atoms with E-state index in [0.717, 1.165) is 25.7 Å². The Hall–Kier alpha value is -2.24. The first-order valence-electron chi connectivity index (χ1n) is 10.6. The lowest BCUT2D eigenvalue weighted by atomic mass is 9.64. The first-order valence-corrected chi connectivity index (χ1v) is 10.6. The average Bonchev–Trinajstić information content (AvgIpc) is 2.73. The molecule has 2 aliphatic carbocycles. The Labute approximate surface area is 172 Å². The average molecular weight is 405 g/mol. The van der Waals surface area contributed by atoms with Crippen LogP contribution in [0.3, 0.4) is 0 Å². The van der Waals surface area contributed by atoms with Crippen LogP contribution in [0.5, 0.6) is 0 Å². The molecule has 3 rings (SSSR count). The monoisotopic (exact) mass is 404 g/mol. The second-order valence-corrected chi connectivity index (χ2v) is 8.07. The molecule has 0 bridgehead atoms. The molecule has 3 aliphatic rings. The van der Waals surface area contributed by atoms with Crippen LogP contribution in [0, 0.1) is 23.7 Å². The van der Waals surface area contributed by atoms with Gasteiger partial charge in [0.05, 0.1) is 39.0 Å². The minimum atomic E-state index is -0.239. The van der Waals surface area contributed by atoms with Crippen molar-refractivity contribution in [2.24, 2.45) is 23.7 Å². The molecule has 29 heavy (non-hydrogen) atoms. The third-order valence-corrected chi connectivity index (χ3v) is 6.30. The molecule has 0 aromatic rings. The Bertz CT molecular complexity index is 600. The van der Waals surface area contributed by atoms with E-state index in [1.807, 2.05) is 0 Å². The van der Waals surface area contributed by atoms with Gasteiger partial charge in [-0.1, -0.05) is 24.3 Å². The van der Waals surface area contributed by atoms with Crippen molar-refractivity contribution in [1.82, 2.24) is 0 Å².